The van der Waals surface area contributed by atoms with Crippen molar-refractivity contribution in [3.05, 3.63) is 56.2 Å². The molecule has 94 valence electrons. The second-order valence-electron chi connectivity index (χ2n) is 5.23. The van der Waals surface area contributed by atoms with Gasteiger partial charge in [-0.1, -0.05) is 24.3 Å². The van der Waals surface area contributed by atoms with Crippen LogP contribution in [-0.2, 0) is 19.3 Å². The van der Waals surface area contributed by atoms with Gasteiger partial charge in [-0.25, -0.2) is 0 Å². The molecule has 0 unspecified atom stereocenters. The van der Waals surface area contributed by atoms with Gasteiger partial charge >= 0.3 is 0 Å². The van der Waals surface area contributed by atoms with E-state index in [1.807, 2.05) is 11.3 Å². The van der Waals surface area contributed by atoms with Crippen LogP contribution in [0.4, 0.5) is 0 Å². The van der Waals surface area contributed by atoms with Gasteiger partial charge in [0, 0.05) is 14.7 Å². The largest absolute Gasteiger partial charge is 0.330 e. The Morgan fingerprint density at radius 3 is 2.39 bits per heavy atom. The van der Waals surface area contributed by atoms with Crippen LogP contribution in [0.15, 0.2) is 40.2 Å². The molecule has 0 spiro atoms. The summed E-state index contributed by atoms with van der Waals surface area (Å²) in [6.45, 7) is 0.761. The van der Waals surface area contributed by atoms with E-state index in [-0.39, 0.29) is 5.41 Å². The van der Waals surface area contributed by atoms with Crippen molar-refractivity contribution in [2.24, 2.45) is 11.1 Å². The normalized spacial score (nSPS) is 16.8. The molecule has 0 aliphatic heterocycles. The van der Waals surface area contributed by atoms with E-state index in [4.69, 9.17) is 5.73 Å². The van der Waals surface area contributed by atoms with Crippen LogP contribution in [0.5, 0.6) is 0 Å². The zero-order valence-electron chi connectivity index (χ0n) is 10.2. The van der Waals surface area contributed by atoms with E-state index in [1.54, 1.807) is 0 Å². The molecule has 3 heteroatoms. The second-order valence-corrected chi connectivity index (χ2v) is 7.15. The standard InChI is InChI=1S/C15H16BrNS/c16-13-5-14(18-9-13)8-15(10-17)6-11-3-1-2-4-12(11)7-15/h1-5,9H,6-8,10,17H2. The molecule has 2 N–H and O–H groups in total. The van der Waals surface area contributed by atoms with Gasteiger partial charge in [0.2, 0.25) is 0 Å². The van der Waals surface area contributed by atoms with Gasteiger partial charge in [-0.3, -0.25) is 0 Å². The summed E-state index contributed by atoms with van der Waals surface area (Å²) in [7, 11) is 0. The molecule has 1 aromatic heterocycles. The lowest BCUT2D eigenvalue weighted by Gasteiger charge is -2.26. The predicted octanol–water partition coefficient (Wildman–Crippen LogP) is 3.80. The molecule has 0 amide bonds. The first-order chi connectivity index (χ1) is 8.71. The van der Waals surface area contributed by atoms with E-state index in [0.717, 1.165) is 25.8 Å². The van der Waals surface area contributed by atoms with E-state index >= 15 is 0 Å². The molecule has 0 radical (unpaired) electrons. The molecule has 0 fully saturated rings. The topological polar surface area (TPSA) is 26.0 Å². The minimum Gasteiger partial charge on any atom is -0.330 e. The van der Waals surface area contributed by atoms with Gasteiger partial charge in [-0.15, -0.1) is 11.3 Å². The molecule has 0 saturated heterocycles. The van der Waals surface area contributed by atoms with E-state index < -0.39 is 0 Å². The zero-order chi connectivity index (χ0) is 12.6. The Kier molecular flexibility index (Phi) is 3.31. The third-order valence-corrected chi connectivity index (χ3v) is 5.55. The van der Waals surface area contributed by atoms with E-state index in [0.29, 0.717) is 0 Å². The summed E-state index contributed by atoms with van der Waals surface area (Å²) in [5.74, 6) is 0. The van der Waals surface area contributed by atoms with Crippen molar-refractivity contribution in [2.45, 2.75) is 19.3 Å². The van der Waals surface area contributed by atoms with E-state index in [9.17, 15) is 0 Å². The predicted molar refractivity (Wildman–Crippen MR) is 81.1 cm³/mol. The Balaban J connectivity index is 1.86. The first-order valence-corrected chi connectivity index (χ1v) is 7.88. The number of fused-ring (bicyclic) bond motifs is 1. The van der Waals surface area contributed by atoms with Crippen LogP contribution in [-0.4, -0.2) is 6.54 Å². The summed E-state index contributed by atoms with van der Waals surface area (Å²) in [6, 6.07) is 11.0. The number of halogens is 1. The highest BCUT2D eigenvalue weighted by atomic mass is 79.9. The Morgan fingerprint density at radius 2 is 1.89 bits per heavy atom. The second kappa shape index (κ2) is 4.80. The van der Waals surface area contributed by atoms with Crippen LogP contribution in [0.3, 0.4) is 0 Å². The van der Waals surface area contributed by atoms with Crippen molar-refractivity contribution in [1.29, 1.82) is 0 Å². The molecular weight excluding hydrogens is 306 g/mol. The van der Waals surface area contributed by atoms with Gasteiger partial charge in [0.15, 0.2) is 0 Å². The molecule has 0 bridgehead atoms. The van der Waals surface area contributed by atoms with Gasteiger partial charge in [0.05, 0.1) is 0 Å². The fraction of sp³-hybridized carbons (Fsp3) is 0.333. The lowest BCUT2D eigenvalue weighted by atomic mass is 9.81. The fourth-order valence-electron chi connectivity index (χ4n) is 2.93. The number of hydrogen-bond acceptors (Lipinski definition) is 2. The molecule has 1 heterocycles. The first kappa shape index (κ1) is 12.4. The van der Waals surface area contributed by atoms with E-state index in [2.05, 4.69) is 51.6 Å². The van der Waals surface area contributed by atoms with Crippen LogP contribution in [0.25, 0.3) is 0 Å². The van der Waals surface area contributed by atoms with Crippen molar-refractivity contribution >= 4 is 27.3 Å². The molecule has 1 aliphatic rings. The maximum absolute atomic E-state index is 6.10. The van der Waals surface area contributed by atoms with Gasteiger partial charge in [-0.05, 0) is 64.3 Å². The average molecular weight is 322 g/mol. The molecule has 1 aromatic carbocycles. The van der Waals surface area contributed by atoms with Crippen LogP contribution in [0.1, 0.15) is 16.0 Å². The highest BCUT2D eigenvalue weighted by molar-refractivity contribution is 9.10. The molecule has 1 nitrogen and oxygen atoms in total. The monoisotopic (exact) mass is 321 g/mol. The van der Waals surface area contributed by atoms with Gasteiger partial charge < -0.3 is 5.73 Å². The Morgan fingerprint density at radius 1 is 1.22 bits per heavy atom. The third-order valence-electron chi connectivity index (χ3n) is 3.85. The summed E-state index contributed by atoms with van der Waals surface area (Å²) in [5.41, 5.74) is 9.30. The van der Waals surface area contributed by atoms with Crippen molar-refractivity contribution in [2.75, 3.05) is 6.54 Å². The molecular formula is C15H16BrNS. The number of hydrogen-bond donors (Lipinski definition) is 1. The summed E-state index contributed by atoms with van der Waals surface area (Å²) in [5, 5.41) is 2.15. The van der Waals surface area contributed by atoms with E-state index in [1.165, 1.54) is 20.5 Å². The third kappa shape index (κ3) is 2.27. The fourth-order valence-corrected chi connectivity index (χ4v) is 4.56. The van der Waals surface area contributed by atoms with Crippen LogP contribution in [0.2, 0.25) is 0 Å². The number of thiophene rings is 1. The quantitative estimate of drug-likeness (QED) is 0.914. The Labute approximate surface area is 120 Å². The minimum atomic E-state index is 0.230. The van der Waals surface area contributed by atoms with Gasteiger partial charge in [0.1, 0.15) is 0 Å². The van der Waals surface area contributed by atoms with Crippen LogP contribution in [0, 0.1) is 5.41 Å². The number of nitrogens with two attached hydrogens (primary N) is 1. The van der Waals surface area contributed by atoms with Crippen molar-refractivity contribution in [3.8, 4) is 0 Å². The smallest absolute Gasteiger partial charge is 0.0285 e. The molecule has 1 aliphatic carbocycles. The minimum absolute atomic E-state index is 0.230. The van der Waals surface area contributed by atoms with Crippen molar-refractivity contribution < 1.29 is 0 Å². The van der Waals surface area contributed by atoms with Crippen molar-refractivity contribution in [3.63, 3.8) is 0 Å². The van der Waals surface area contributed by atoms with Crippen LogP contribution < -0.4 is 5.73 Å². The lowest BCUT2D eigenvalue weighted by Crippen LogP contribution is -2.33. The first-order valence-electron chi connectivity index (χ1n) is 6.21. The average Bonchev–Trinajstić information content (AvgIpc) is 2.93. The van der Waals surface area contributed by atoms with Gasteiger partial charge in [0.25, 0.3) is 0 Å². The molecule has 2 aromatic rings. The maximum atomic E-state index is 6.10. The van der Waals surface area contributed by atoms with Gasteiger partial charge in [-0.2, -0.15) is 0 Å². The molecule has 18 heavy (non-hydrogen) atoms. The van der Waals surface area contributed by atoms with Crippen molar-refractivity contribution in [1.82, 2.24) is 0 Å². The summed E-state index contributed by atoms with van der Waals surface area (Å²) in [4.78, 5) is 1.43. The summed E-state index contributed by atoms with van der Waals surface area (Å²) in [6.07, 6.45) is 3.33. The molecule has 0 atom stereocenters. The molecule has 0 saturated carbocycles. The maximum Gasteiger partial charge on any atom is 0.0285 e. The Bertz CT molecular complexity index is 536. The number of rotatable bonds is 3. The lowest BCUT2D eigenvalue weighted by molar-refractivity contribution is 0.317. The SMILES string of the molecule is NCC1(Cc2cc(Br)cs2)Cc2ccccc2C1. The zero-order valence-corrected chi connectivity index (χ0v) is 12.6. The Hall–Kier alpha value is -0.640. The van der Waals surface area contributed by atoms with Crippen LogP contribution >= 0.6 is 27.3 Å². The number of benzene rings is 1. The summed E-state index contributed by atoms with van der Waals surface area (Å²) < 4.78 is 1.19. The highest BCUT2D eigenvalue weighted by Crippen LogP contribution is 2.40. The summed E-state index contributed by atoms with van der Waals surface area (Å²) >= 11 is 5.36. The highest BCUT2D eigenvalue weighted by Gasteiger charge is 2.36. The molecule has 3 rings (SSSR count).